The van der Waals surface area contributed by atoms with Crippen molar-refractivity contribution in [1.82, 2.24) is 9.80 Å². The second-order valence-electron chi connectivity index (χ2n) is 11.0. The zero-order valence-corrected chi connectivity index (χ0v) is 22.4. The van der Waals surface area contributed by atoms with Gasteiger partial charge >= 0.3 is 5.97 Å². The lowest BCUT2D eigenvalue weighted by atomic mass is 9.73. The van der Waals surface area contributed by atoms with Crippen LogP contribution in [0.25, 0.3) is 0 Å². The lowest BCUT2D eigenvalue weighted by Gasteiger charge is -2.42. The van der Waals surface area contributed by atoms with Crippen molar-refractivity contribution in [3.63, 3.8) is 0 Å². The number of aliphatic hydroxyl groups is 1. The average Bonchev–Trinajstić information content (AvgIpc) is 3.27. The first-order valence-electron chi connectivity index (χ1n) is 13.8. The van der Waals surface area contributed by atoms with Gasteiger partial charge in [-0.25, -0.2) is 0 Å². The van der Waals surface area contributed by atoms with E-state index in [1.807, 2.05) is 75.4 Å². The summed E-state index contributed by atoms with van der Waals surface area (Å²) in [4.78, 5) is 45.7. The summed E-state index contributed by atoms with van der Waals surface area (Å²) in [5.74, 6) is -2.93. The number of carbonyl (C=O) groups is 3. The van der Waals surface area contributed by atoms with Crippen LogP contribution in [0, 0.1) is 17.8 Å². The molecule has 2 fully saturated rings. The lowest BCUT2D eigenvalue weighted by molar-refractivity contribution is -0.164. The second-order valence-corrected chi connectivity index (χ2v) is 11.0. The quantitative estimate of drug-likeness (QED) is 0.437. The van der Waals surface area contributed by atoms with E-state index >= 15 is 0 Å². The van der Waals surface area contributed by atoms with E-state index in [1.165, 1.54) is 0 Å². The fourth-order valence-electron chi connectivity index (χ4n) is 6.83. The number of likely N-dealkylation sites (tertiary alicyclic amines) is 1. The predicted molar refractivity (Wildman–Crippen MR) is 140 cm³/mol. The number of hydrogen-bond donors (Lipinski definition) is 1. The Kier molecular flexibility index (Phi) is 7.22. The summed E-state index contributed by atoms with van der Waals surface area (Å²) in [6.45, 7) is 6.57. The van der Waals surface area contributed by atoms with Crippen molar-refractivity contribution in [2.24, 2.45) is 17.8 Å². The van der Waals surface area contributed by atoms with Gasteiger partial charge in [-0.2, -0.15) is 0 Å². The molecule has 204 valence electrons. The first-order valence-corrected chi connectivity index (χ1v) is 13.8. The number of ether oxygens (including phenoxy) is 2. The summed E-state index contributed by atoms with van der Waals surface area (Å²) >= 11 is 0. The molecule has 8 heteroatoms. The Labute approximate surface area is 224 Å². The van der Waals surface area contributed by atoms with Gasteiger partial charge in [0.2, 0.25) is 11.8 Å². The van der Waals surface area contributed by atoms with E-state index in [2.05, 4.69) is 0 Å². The third-order valence-electron chi connectivity index (χ3n) is 8.99. The number of amides is 2. The minimum absolute atomic E-state index is 0.0671. The Morgan fingerprint density at radius 2 is 1.82 bits per heavy atom. The van der Waals surface area contributed by atoms with Crippen LogP contribution in [0.1, 0.15) is 45.6 Å². The smallest absolute Gasteiger partial charge is 0.313 e. The van der Waals surface area contributed by atoms with Gasteiger partial charge in [-0.05, 0) is 24.3 Å². The summed E-state index contributed by atoms with van der Waals surface area (Å²) in [5.41, 5.74) is -1.44. The highest BCUT2D eigenvalue weighted by atomic mass is 16.6. The third kappa shape index (κ3) is 4.00. The first-order chi connectivity index (χ1) is 18.3. The van der Waals surface area contributed by atoms with Crippen LogP contribution in [0.15, 0.2) is 54.6 Å². The Morgan fingerprint density at radius 1 is 1.05 bits per heavy atom. The number of carbonyl (C=O) groups excluding carboxylic acids is 3. The fraction of sp³-hybridized carbons (Fsp3) is 0.567. The highest BCUT2D eigenvalue weighted by Gasteiger charge is 2.76. The van der Waals surface area contributed by atoms with Crippen molar-refractivity contribution in [3.05, 3.63) is 60.2 Å². The van der Waals surface area contributed by atoms with Crippen molar-refractivity contribution >= 4 is 17.8 Å². The highest BCUT2D eigenvalue weighted by molar-refractivity contribution is 5.99. The van der Waals surface area contributed by atoms with Crippen LogP contribution in [0.4, 0.5) is 0 Å². The standard InChI is InChI=1S/C30H38N2O6/c1-4-20(3)22(19-33)32-25-27(35)31(18-21-12-7-6-8-13-21)16-11-15-30(25)23(26(32)34)24-28(36)37-17-10-9-14-29(24,5-2)38-30/h6-9,11-15,20,22-25,33H,4-5,10,16-19H2,1-3H3/t20-,22-,23-,24+,25?,29-,30-/m0/s1. The van der Waals surface area contributed by atoms with Gasteiger partial charge in [-0.3, -0.25) is 14.4 Å². The topological polar surface area (TPSA) is 96.4 Å². The zero-order chi connectivity index (χ0) is 27.1. The van der Waals surface area contributed by atoms with Crippen LogP contribution >= 0.6 is 0 Å². The van der Waals surface area contributed by atoms with Crippen LogP contribution in [0.5, 0.6) is 0 Å². The van der Waals surface area contributed by atoms with Crippen LogP contribution in [-0.2, 0) is 30.4 Å². The molecule has 4 aliphatic rings. The van der Waals surface area contributed by atoms with Gasteiger partial charge in [0.15, 0.2) is 0 Å². The van der Waals surface area contributed by atoms with Crippen molar-refractivity contribution in [2.45, 2.75) is 69.9 Å². The van der Waals surface area contributed by atoms with E-state index in [4.69, 9.17) is 9.47 Å². The Morgan fingerprint density at radius 3 is 2.50 bits per heavy atom. The van der Waals surface area contributed by atoms with Crippen molar-refractivity contribution in [2.75, 3.05) is 19.8 Å². The minimum atomic E-state index is -1.35. The van der Waals surface area contributed by atoms with Gasteiger partial charge in [-0.1, -0.05) is 81.8 Å². The van der Waals surface area contributed by atoms with Gasteiger partial charge in [0, 0.05) is 13.1 Å². The summed E-state index contributed by atoms with van der Waals surface area (Å²) in [5, 5.41) is 10.5. The summed E-state index contributed by atoms with van der Waals surface area (Å²) in [7, 11) is 0. The van der Waals surface area contributed by atoms with E-state index < -0.39 is 41.1 Å². The highest BCUT2D eigenvalue weighted by Crippen LogP contribution is 2.58. The first kappa shape index (κ1) is 26.6. The van der Waals surface area contributed by atoms with E-state index in [0.29, 0.717) is 32.4 Å². The molecule has 1 aromatic rings. The molecule has 0 bridgehead atoms. The molecule has 2 saturated heterocycles. The molecular weight excluding hydrogens is 484 g/mol. The molecule has 0 aromatic heterocycles. The summed E-state index contributed by atoms with van der Waals surface area (Å²) in [6, 6.07) is 8.13. The number of aliphatic hydroxyl groups excluding tert-OH is 1. The number of rotatable bonds is 7. The van der Waals surface area contributed by atoms with Crippen LogP contribution < -0.4 is 0 Å². The van der Waals surface area contributed by atoms with Crippen molar-refractivity contribution in [1.29, 1.82) is 0 Å². The van der Waals surface area contributed by atoms with E-state index in [9.17, 15) is 19.5 Å². The SMILES string of the molecule is CC[C@H](C)[C@H](CO)N1C(=O)[C@@H]2[C@@H]3C(=O)OCCC=C[C@]3(CC)O[C@@]23C=CCN(Cc2ccccc2)C(=O)C13. The largest absolute Gasteiger partial charge is 0.465 e. The van der Waals surface area contributed by atoms with Gasteiger partial charge in [-0.15, -0.1) is 0 Å². The molecular formula is C30H38N2O6. The molecule has 5 rings (SSSR count). The molecule has 38 heavy (non-hydrogen) atoms. The maximum absolute atomic E-state index is 14.5. The molecule has 0 saturated carbocycles. The molecule has 0 radical (unpaired) electrons. The average molecular weight is 523 g/mol. The van der Waals surface area contributed by atoms with E-state index in [0.717, 1.165) is 5.56 Å². The number of hydrogen-bond acceptors (Lipinski definition) is 6. The minimum Gasteiger partial charge on any atom is -0.465 e. The zero-order valence-electron chi connectivity index (χ0n) is 22.4. The molecule has 8 nitrogen and oxygen atoms in total. The number of benzene rings is 1. The van der Waals surface area contributed by atoms with Gasteiger partial charge in [0.25, 0.3) is 0 Å². The predicted octanol–water partition coefficient (Wildman–Crippen LogP) is 2.86. The molecule has 7 atom stereocenters. The van der Waals surface area contributed by atoms with E-state index in [-0.39, 0.29) is 30.9 Å². The molecule has 4 aliphatic heterocycles. The fourth-order valence-corrected chi connectivity index (χ4v) is 6.83. The molecule has 1 N–H and O–H groups in total. The van der Waals surface area contributed by atoms with Gasteiger partial charge in [0.1, 0.15) is 23.2 Å². The Bertz CT molecular complexity index is 1130. The summed E-state index contributed by atoms with van der Waals surface area (Å²) in [6.07, 6.45) is 9.31. The van der Waals surface area contributed by atoms with Crippen molar-refractivity contribution in [3.8, 4) is 0 Å². The summed E-state index contributed by atoms with van der Waals surface area (Å²) < 4.78 is 12.5. The Balaban J connectivity index is 1.66. The number of nitrogens with zero attached hydrogens (tertiary/aromatic N) is 2. The van der Waals surface area contributed by atoms with Gasteiger partial charge in [0.05, 0.1) is 25.2 Å². The van der Waals surface area contributed by atoms with Crippen LogP contribution in [0.2, 0.25) is 0 Å². The number of cyclic esters (lactones) is 1. The van der Waals surface area contributed by atoms with Gasteiger partial charge < -0.3 is 24.4 Å². The molecule has 2 amide bonds. The molecule has 0 aliphatic carbocycles. The Hall–Kier alpha value is -2.97. The normalized spacial score (nSPS) is 34.1. The van der Waals surface area contributed by atoms with Crippen molar-refractivity contribution < 1.29 is 29.0 Å². The molecule has 1 spiro atoms. The van der Waals surface area contributed by atoms with Crippen LogP contribution in [0.3, 0.4) is 0 Å². The maximum Gasteiger partial charge on any atom is 0.313 e. The number of esters is 1. The molecule has 4 heterocycles. The molecule has 1 unspecified atom stereocenters. The van der Waals surface area contributed by atoms with Crippen LogP contribution in [-0.4, -0.2) is 75.7 Å². The maximum atomic E-state index is 14.5. The molecule has 1 aromatic carbocycles. The second kappa shape index (κ2) is 10.3. The third-order valence-corrected chi connectivity index (χ3v) is 8.99. The monoisotopic (exact) mass is 522 g/mol. The lowest BCUT2D eigenvalue weighted by Crippen LogP contribution is -2.59. The number of fused-ring (bicyclic) bond motifs is 2. The van der Waals surface area contributed by atoms with E-state index in [1.54, 1.807) is 9.80 Å².